The summed E-state index contributed by atoms with van der Waals surface area (Å²) in [6.45, 7) is 4.99. The largest absolute Gasteiger partial charge is 0.479 e. The van der Waals surface area contributed by atoms with Gasteiger partial charge in [0.15, 0.2) is 6.10 Å². The molecule has 4 N–H and O–H groups in total. The van der Waals surface area contributed by atoms with E-state index in [2.05, 4.69) is 0 Å². The summed E-state index contributed by atoms with van der Waals surface area (Å²) >= 11 is 0. The molecule has 0 radical (unpaired) electrons. The maximum atomic E-state index is 10.4. The summed E-state index contributed by atoms with van der Waals surface area (Å²) in [5.41, 5.74) is 0. The van der Waals surface area contributed by atoms with Crippen LogP contribution in [0.1, 0.15) is 33.1 Å². The van der Waals surface area contributed by atoms with Crippen LogP contribution in [-0.2, 0) is 4.79 Å². The van der Waals surface area contributed by atoms with E-state index in [0.29, 0.717) is 26.1 Å². The standard InChI is InChI=1S/C12H25NO5/c1-9(14)7-13(8-10(2)15)6-4-3-5-11(16)12(17)18/h9-11,14-16H,3-8H2,1-2H3,(H,17,18)/t9-,10-,11?/m1/s1. The summed E-state index contributed by atoms with van der Waals surface area (Å²) in [5, 5.41) is 36.2. The monoisotopic (exact) mass is 263 g/mol. The molecule has 0 saturated heterocycles. The van der Waals surface area contributed by atoms with E-state index in [0.717, 1.165) is 6.42 Å². The van der Waals surface area contributed by atoms with Crippen molar-refractivity contribution in [3.63, 3.8) is 0 Å². The van der Waals surface area contributed by atoms with Gasteiger partial charge in [-0.3, -0.25) is 4.90 Å². The van der Waals surface area contributed by atoms with Gasteiger partial charge in [-0.2, -0.15) is 0 Å². The fourth-order valence-electron chi connectivity index (χ4n) is 1.80. The zero-order valence-corrected chi connectivity index (χ0v) is 11.1. The normalized spacial score (nSPS) is 16.6. The number of aliphatic hydroxyl groups is 3. The van der Waals surface area contributed by atoms with E-state index in [1.165, 1.54) is 0 Å². The Morgan fingerprint density at radius 2 is 1.56 bits per heavy atom. The van der Waals surface area contributed by atoms with E-state index in [4.69, 9.17) is 10.2 Å². The van der Waals surface area contributed by atoms with Crippen LogP contribution in [-0.4, -0.2) is 69.2 Å². The molecule has 6 heteroatoms. The number of hydrogen-bond acceptors (Lipinski definition) is 5. The van der Waals surface area contributed by atoms with Gasteiger partial charge in [0.05, 0.1) is 12.2 Å². The molecule has 0 aromatic carbocycles. The van der Waals surface area contributed by atoms with Crippen LogP contribution in [0, 0.1) is 0 Å². The maximum Gasteiger partial charge on any atom is 0.332 e. The number of carbonyl (C=O) groups is 1. The highest BCUT2D eigenvalue weighted by atomic mass is 16.4. The Kier molecular flexibility index (Phi) is 8.91. The van der Waals surface area contributed by atoms with Crippen molar-refractivity contribution in [2.75, 3.05) is 19.6 Å². The lowest BCUT2D eigenvalue weighted by Gasteiger charge is -2.25. The van der Waals surface area contributed by atoms with E-state index in [-0.39, 0.29) is 6.42 Å². The molecular formula is C12H25NO5. The van der Waals surface area contributed by atoms with E-state index >= 15 is 0 Å². The Morgan fingerprint density at radius 3 is 1.94 bits per heavy atom. The van der Waals surface area contributed by atoms with E-state index in [1.54, 1.807) is 13.8 Å². The number of aliphatic hydroxyl groups excluding tert-OH is 3. The molecule has 0 bridgehead atoms. The number of carboxylic acid groups (broad SMARTS) is 1. The highest BCUT2D eigenvalue weighted by Gasteiger charge is 2.14. The van der Waals surface area contributed by atoms with Crippen molar-refractivity contribution in [2.24, 2.45) is 0 Å². The Bertz CT molecular complexity index is 223. The topological polar surface area (TPSA) is 101 Å². The summed E-state index contributed by atoms with van der Waals surface area (Å²) in [4.78, 5) is 12.3. The molecule has 0 heterocycles. The fraction of sp³-hybridized carbons (Fsp3) is 0.917. The van der Waals surface area contributed by atoms with Crippen molar-refractivity contribution >= 4 is 5.97 Å². The number of carboxylic acids is 1. The first kappa shape index (κ1) is 17.3. The average Bonchev–Trinajstić information content (AvgIpc) is 2.21. The second-order valence-corrected chi connectivity index (χ2v) is 4.81. The summed E-state index contributed by atoms with van der Waals surface area (Å²) < 4.78 is 0. The number of unbranched alkanes of at least 4 members (excludes halogenated alkanes) is 1. The number of nitrogens with zero attached hydrogens (tertiary/aromatic N) is 1. The van der Waals surface area contributed by atoms with E-state index in [9.17, 15) is 15.0 Å². The molecule has 0 aliphatic carbocycles. The van der Waals surface area contributed by atoms with Crippen LogP contribution in [0.2, 0.25) is 0 Å². The molecule has 0 aromatic heterocycles. The summed E-state index contributed by atoms with van der Waals surface area (Å²) in [6, 6.07) is 0. The van der Waals surface area contributed by atoms with Crippen molar-refractivity contribution in [1.82, 2.24) is 4.90 Å². The van der Waals surface area contributed by atoms with Gasteiger partial charge in [-0.1, -0.05) is 0 Å². The van der Waals surface area contributed by atoms with Crippen molar-refractivity contribution < 1.29 is 25.2 Å². The lowest BCUT2D eigenvalue weighted by molar-refractivity contribution is -0.146. The van der Waals surface area contributed by atoms with Gasteiger partial charge in [0.25, 0.3) is 0 Å². The quantitative estimate of drug-likeness (QED) is 0.402. The number of hydrogen-bond donors (Lipinski definition) is 4. The SMILES string of the molecule is C[C@@H](O)CN(CCCCC(O)C(=O)O)C[C@@H](C)O. The predicted molar refractivity (Wildman–Crippen MR) is 67.3 cm³/mol. The zero-order chi connectivity index (χ0) is 14.1. The van der Waals surface area contributed by atoms with Gasteiger partial charge in [-0.25, -0.2) is 4.79 Å². The summed E-state index contributed by atoms with van der Waals surface area (Å²) in [5.74, 6) is -1.19. The molecule has 0 aromatic rings. The fourth-order valence-corrected chi connectivity index (χ4v) is 1.80. The average molecular weight is 263 g/mol. The minimum Gasteiger partial charge on any atom is -0.479 e. The molecule has 6 nitrogen and oxygen atoms in total. The molecule has 3 atom stereocenters. The zero-order valence-electron chi connectivity index (χ0n) is 11.1. The predicted octanol–water partition coefficient (Wildman–Crippen LogP) is -0.334. The van der Waals surface area contributed by atoms with Crippen molar-refractivity contribution in [1.29, 1.82) is 0 Å². The first-order valence-corrected chi connectivity index (χ1v) is 6.32. The Balaban J connectivity index is 3.85. The first-order valence-electron chi connectivity index (χ1n) is 6.32. The van der Waals surface area contributed by atoms with Gasteiger partial charge in [0.2, 0.25) is 0 Å². The molecule has 0 aliphatic rings. The van der Waals surface area contributed by atoms with E-state index in [1.807, 2.05) is 4.90 Å². The van der Waals surface area contributed by atoms with Gasteiger partial charge in [-0.05, 0) is 39.7 Å². The second kappa shape index (κ2) is 9.27. The summed E-state index contributed by atoms with van der Waals surface area (Å²) in [7, 11) is 0. The molecular weight excluding hydrogens is 238 g/mol. The third-order valence-corrected chi connectivity index (χ3v) is 2.53. The minimum atomic E-state index is -1.30. The van der Waals surface area contributed by atoms with Crippen LogP contribution in [0.5, 0.6) is 0 Å². The van der Waals surface area contributed by atoms with E-state index < -0.39 is 24.3 Å². The van der Waals surface area contributed by atoms with Crippen molar-refractivity contribution in [3.8, 4) is 0 Å². The lowest BCUT2D eigenvalue weighted by Crippen LogP contribution is -2.37. The Morgan fingerprint density at radius 1 is 1.06 bits per heavy atom. The lowest BCUT2D eigenvalue weighted by atomic mass is 10.1. The second-order valence-electron chi connectivity index (χ2n) is 4.81. The van der Waals surface area contributed by atoms with Crippen LogP contribution < -0.4 is 0 Å². The molecule has 0 amide bonds. The number of rotatable bonds is 10. The van der Waals surface area contributed by atoms with Gasteiger partial charge in [0, 0.05) is 13.1 Å². The molecule has 0 saturated carbocycles. The van der Waals surface area contributed by atoms with Gasteiger partial charge in [0.1, 0.15) is 0 Å². The van der Waals surface area contributed by atoms with Crippen LogP contribution in [0.15, 0.2) is 0 Å². The van der Waals surface area contributed by atoms with Crippen molar-refractivity contribution in [3.05, 3.63) is 0 Å². The molecule has 108 valence electrons. The highest BCUT2D eigenvalue weighted by Crippen LogP contribution is 2.04. The molecule has 0 spiro atoms. The molecule has 0 fully saturated rings. The number of aliphatic carboxylic acids is 1. The van der Waals surface area contributed by atoms with Gasteiger partial charge in [-0.15, -0.1) is 0 Å². The summed E-state index contributed by atoms with van der Waals surface area (Å²) in [6.07, 6.45) is -0.673. The van der Waals surface area contributed by atoms with Crippen LogP contribution >= 0.6 is 0 Å². The van der Waals surface area contributed by atoms with Crippen LogP contribution in [0.4, 0.5) is 0 Å². The van der Waals surface area contributed by atoms with Crippen molar-refractivity contribution in [2.45, 2.75) is 51.4 Å². The Labute approximate surface area is 108 Å². The van der Waals surface area contributed by atoms with Crippen LogP contribution in [0.3, 0.4) is 0 Å². The minimum absolute atomic E-state index is 0.229. The maximum absolute atomic E-state index is 10.4. The van der Waals surface area contributed by atoms with Gasteiger partial charge >= 0.3 is 5.97 Å². The highest BCUT2D eigenvalue weighted by molar-refractivity contribution is 5.71. The molecule has 18 heavy (non-hydrogen) atoms. The van der Waals surface area contributed by atoms with Gasteiger partial charge < -0.3 is 20.4 Å². The first-order chi connectivity index (χ1) is 8.32. The third-order valence-electron chi connectivity index (χ3n) is 2.53. The molecule has 0 aliphatic heterocycles. The molecule has 0 rings (SSSR count). The smallest absolute Gasteiger partial charge is 0.332 e. The Hall–Kier alpha value is -0.690. The van der Waals surface area contributed by atoms with Crippen LogP contribution in [0.25, 0.3) is 0 Å². The third kappa shape index (κ3) is 9.35. The molecule has 1 unspecified atom stereocenters.